The standard InChI is InChI=1S/C44H74N4O9S/c1-14-30(8)41(47(11)44(53)34(27(2)3)25-37(50)40(45-10)28(4)5)38(56-12)26-39(51)48-22-18-21-35(48)42(57-13)31(9)36(49)24-33(23-32-19-16-15-17-20-32)43(52)46-58(54,55)29(6)7/h15-17,19-20,27-31,33-35,38,40-42,45H,14,18,21-26H2,1-13H3,(H,46,52)/t30-,31-,33+,34-,35-,38+,40-,41-,42+/m0/s1. The number of rotatable bonds is 25. The Morgan fingerprint density at radius 1 is 0.879 bits per heavy atom. The van der Waals surface area contributed by atoms with E-state index in [9.17, 15) is 32.4 Å². The molecule has 2 N–H and O–H groups in total. The Hall–Kier alpha value is -3.20. The number of nitrogens with zero attached hydrogens (tertiary/aromatic N) is 2. The molecule has 9 atom stereocenters. The summed E-state index contributed by atoms with van der Waals surface area (Å²) in [7, 11) is 2.62. The quantitative estimate of drug-likeness (QED) is 0.136. The van der Waals surface area contributed by atoms with Crippen LogP contribution in [0.2, 0.25) is 0 Å². The molecule has 0 spiro atoms. The molecule has 0 aliphatic carbocycles. The first-order chi connectivity index (χ1) is 27.2. The summed E-state index contributed by atoms with van der Waals surface area (Å²) in [5.74, 6) is -3.64. The third-order valence-electron chi connectivity index (χ3n) is 12.2. The van der Waals surface area contributed by atoms with Crippen LogP contribution in [0.4, 0.5) is 0 Å². The lowest BCUT2D eigenvalue weighted by molar-refractivity contribution is -0.149. The molecule has 1 aliphatic heterocycles. The number of ketones is 2. The van der Waals surface area contributed by atoms with Gasteiger partial charge in [0, 0.05) is 58.4 Å². The summed E-state index contributed by atoms with van der Waals surface area (Å²) in [6, 6.07) is 7.88. The van der Waals surface area contributed by atoms with Crippen LogP contribution >= 0.6 is 0 Å². The highest BCUT2D eigenvalue weighted by Gasteiger charge is 2.43. The Kier molecular flexibility index (Phi) is 20.7. The summed E-state index contributed by atoms with van der Waals surface area (Å²) in [6.45, 7) is 17.1. The Labute approximate surface area is 349 Å². The number of hydrogen-bond donors (Lipinski definition) is 2. The van der Waals surface area contributed by atoms with Gasteiger partial charge in [-0.2, -0.15) is 0 Å². The molecule has 1 saturated heterocycles. The van der Waals surface area contributed by atoms with Gasteiger partial charge in [0.1, 0.15) is 5.78 Å². The van der Waals surface area contributed by atoms with Gasteiger partial charge in [0.25, 0.3) is 0 Å². The molecule has 2 rings (SSSR count). The summed E-state index contributed by atoms with van der Waals surface area (Å²) >= 11 is 0. The fourth-order valence-electron chi connectivity index (χ4n) is 8.35. The average Bonchev–Trinajstić information content (AvgIpc) is 3.66. The predicted octanol–water partition coefficient (Wildman–Crippen LogP) is 5.05. The fraction of sp³-hybridized carbons (Fsp3) is 0.750. The zero-order chi connectivity index (χ0) is 44.1. The molecule has 1 heterocycles. The maximum atomic E-state index is 14.3. The lowest BCUT2D eigenvalue weighted by Gasteiger charge is -2.41. The molecule has 1 aromatic rings. The fourth-order valence-corrected chi connectivity index (χ4v) is 9.03. The summed E-state index contributed by atoms with van der Waals surface area (Å²) < 4.78 is 39.5. The van der Waals surface area contributed by atoms with Crippen molar-refractivity contribution in [3.8, 4) is 0 Å². The van der Waals surface area contributed by atoms with E-state index in [2.05, 4.69) is 10.0 Å². The van der Waals surface area contributed by atoms with Gasteiger partial charge in [0.2, 0.25) is 27.7 Å². The number of hydrogen-bond acceptors (Lipinski definition) is 10. The molecule has 330 valence electrons. The van der Waals surface area contributed by atoms with Crippen molar-refractivity contribution in [2.45, 2.75) is 143 Å². The molecule has 0 saturated carbocycles. The molecule has 0 radical (unpaired) electrons. The lowest BCUT2D eigenvalue weighted by Crippen LogP contribution is -2.54. The van der Waals surface area contributed by atoms with Gasteiger partial charge in [-0.25, -0.2) is 8.42 Å². The molecule has 1 aliphatic rings. The molecule has 3 amide bonds. The lowest BCUT2D eigenvalue weighted by atomic mass is 9.84. The molecule has 1 fully saturated rings. The van der Waals surface area contributed by atoms with Crippen molar-refractivity contribution in [2.24, 2.45) is 35.5 Å². The Morgan fingerprint density at radius 2 is 1.50 bits per heavy atom. The molecule has 1 aromatic carbocycles. The Balaban J connectivity index is 2.33. The molecule has 58 heavy (non-hydrogen) atoms. The van der Waals surface area contributed by atoms with E-state index in [1.165, 1.54) is 21.0 Å². The predicted molar refractivity (Wildman–Crippen MR) is 227 cm³/mol. The van der Waals surface area contributed by atoms with Crippen LogP contribution in [-0.4, -0.2) is 118 Å². The summed E-state index contributed by atoms with van der Waals surface area (Å²) in [5.41, 5.74) is 0.790. The monoisotopic (exact) mass is 835 g/mol. The summed E-state index contributed by atoms with van der Waals surface area (Å²) in [6.07, 6.45) is 0.725. The van der Waals surface area contributed by atoms with E-state index >= 15 is 0 Å². The van der Waals surface area contributed by atoms with Crippen LogP contribution in [0, 0.1) is 35.5 Å². The molecule has 13 nitrogen and oxygen atoms in total. The summed E-state index contributed by atoms with van der Waals surface area (Å²) in [4.78, 5) is 72.8. The van der Waals surface area contributed by atoms with Crippen LogP contribution in [0.5, 0.6) is 0 Å². The largest absolute Gasteiger partial charge is 0.379 e. The second kappa shape index (κ2) is 23.6. The van der Waals surface area contributed by atoms with Crippen molar-refractivity contribution in [1.29, 1.82) is 0 Å². The maximum Gasteiger partial charge on any atom is 0.237 e. The maximum absolute atomic E-state index is 14.3. The summed E-state index contributed by atoms with van der Waals surface area (Å²) in [5, 5.41) is 2.27. The van der Waals surface area contributed by atoms with Gasteiger partial charge in [0.15, 0.2) is 5.78 Å². The number of methoxy groups -OCH3 is 2. The van der Waals surface area contributed by atoms with E-state index in [-0.39, 0.29) is 72.9 Å². The first-order valence-corrected chi connectivity index (χ1v) is 22.6. The molecule has 14 heteroatoms. The Morgan fingerprint density at radius 3 is 2.00 bits per heavy atom. The van der Waals surface area contributed by atoms with Crippen molar-refractivity contribution >= 4 is 39.3 Å². The molecular weight excluding hydrogens is 761 g/mol. The number of nitrogens with one attached hydrogen (secondary N) is 2. The number of benzene rings is 1. The first-order valence-electron chi connectivity index (χ1n) is 21.1. The van der Waals surface area contributed by atoms with E-state index in [0.29, 0.717) is 19.4 Å². The van der Waals surface area contributed by atoms with Crippen LogP contribution < -0.4 is 10.0 Å². The highest BCUT2D eigenvalue weighted by Crippen LogP contribution is 2.32. The Bertz CT molecular complexity index is 1600. The van der Waals surface area contributed by atoms with Gasteiger partial charge in [-0.1, -0.05) is 85.2 Å². The number of carbonyl (C=O) groups is 5. The van der Waals surface area contributed by atoms with Crippen LogP contribution in [0.15, 0.2) is 30.3 Å². The number of ether oxygens (including phenoxy) is 2. The van der Waals surface area contributed by atoms with E-state index < -0.39 is 63.2 Å². The zero-order valence-electron chi connectivity index (χ0n) is 37.4. The minimum atomic E-state index is -3.93. The number of likely N-dealkylation sites (N-methyl/N-ethyl adjacent to an activating group) is 2. The van der Waals surface area contributed by atoms with Gasteiger partial charge < -0.3 is 24.6 Å². The minimum absolute atomic E-state index is 0.00829. The van der Waals surface area contributed by atoms with Crippen molar-refractivity contribution < 1.29 is 41.9 Å². The molecule has 0 aromatic heterocycles. The molecule has 0 bridgehead atoms. The van der Waals surface area contributed by atoms with Crippen molar-refractivity contribution in [3.63, 3.8) is 0 Å². The van der Waals surface area contributed by atoms with E-state index in [1.807, 2.05) is 71.9 Å². The van der Waals surface area contributed by atoms with Crippen molar-refractivity contribution in [3.05, 3.63) is 35.9 Å². The highest BCUT2D eigenvalue weighted by molar-refractivity contribution is 7.90. The van der Waals surface area contributed by atoms with Gasteiger partial charge >= 0.3 is 0 Å². The van der Waals surface area contributed by atoms with Crippen LogP contribution in [0.3, 0.4) is 0 Å². The number of amides is 3. The number of carbonyl (C=O) groups excluding carboxylic acids is 5. The normalized spacial score (nSPS) is 19.0. The van der Waals surface area contributed by atoms with Crippen LogP contribution in [0.25, 0.3) is 0 Å². The second-order valence-corrected chi connectivity index (χ2v) is 19.5. The average molecular weight is 835 g/mol. The highest BCUT2D eigenvalue weighted by atomic mass is 32.2. The van der Waals surface area contributed by atoms with Crippen LogP contribution in [0.1, 0.15) is 106 Å². The van der Waals surface area contributed by atoms with E-state index in [0.717, 1.165) is 12.0 Å². The minimum Gasteiger partial charge on any atom is -0.379 e. The smallest absolute Gasteiger partial charge is 0.237 e. The number of Topliss-reactive ketones (excluding diaryl/α,β-unsaturated/α-hetero) is 2. The molecule has 0 unspecified atom stereocenters. The third-order valence-corrected chi connectivity index (χ3v) is 14.0. The van der Waals surface area contributed by atoms with Crippen molar-refractivity contribution in [2.75, 3.05) is 34.9 Å². The zero-order valence-corrected chi connectivity index (χ0v) is 38.3. The van der Waals surface area contributed by atoms with E-state index in [4.69, 9.17) is 9.47 Å². The van der Waals surface area contributed by atoms with Gasteiger partial charge in [0.05, 0.1) is 42.0 Å². The van der Waals surface area contributed by atoms with Gasteiger partial charge in [-0.05, 0) is 63.5 Å². The van der Waals surface area contributed by atoms with Crippen LogP contribution in [-0.2, 0) is 49.9 Å². The van der Waals surface area contributed by atoms with Crippen molar-refractivity contribution in [1.82, 2.24) is 19.8 Å². The van der Waals surface area contributed by atoms with Gasteiger partial charge in [-0.3, -0.25) is 28.7 Å². The second-order valence-electron chi connectivity index (χ2n) is 17.2. The third kappa shape index (κ3) is 13.7. The molecular formula is C44H74N4O9S. The topological polar surface area (TPSA) is 168 Å². The first kappa shape index (κ1) is 50.9. The van der Waals surface area contributed by atoms with Gasteiger partial charge in [-0.15, -0.1) is 0 Å². The SMILES string of the molecule is CC[C@H](C)[C@@H]([C@@H](CC(=O)N1CCC[C@H]1[C@H](OC)[C@@H](C)C(=O)C[C@@H](Cc1ccccc1)C(=O)NS(=O)(=O)C(C)C)OC)N(C)C(=O)[C@@H](CC(=O)[C@@H](NC)C(C)C)C(C)C. The number of sulfonamides is 1. The number of likely N-dealkylation sites (tertiary alicyclic amines) is 1. The van der Waals surface area contributed by atoms with E-state index in [1.54, 1.807) is 37.9 Å².